The molecule has 1 aliphatic rings. The van der Waals surface area contributed by atoms with Gasteiger partial charge in [-0.15, -0.1) is 0 Å². The highest BCUT2D eigenvalue weighted by Gasteiger charge is 2.45. The Morgan fingerprint density at radius 2 is 1.71 bits per heavy atom. The van der Waals surface area contributed by atoms with Gasteiger partial charge in [0.15, 0.2) is 0 Å². The van der Waals surface area contributed by atoms with Gasteiger partial charge in [0.25, 0.3) is 11.7 Å². The second-order valence-electron chi connectivity index (χ2n) is 6.93. The number of amides is 1. The number of likely N-dealkylation sites (tertiary alicyclic amines) is 1. The van der Waals surface area contributed by atoms with E-state index in [9.17, 15) is 14.7 Å². The summed E-state index contributed by atoms with van der Waals surface area (Å²) in [6, 6.07) is 15.4. The van der Waals surface area contributed by atoms with E-state index in [0.717, 1.165) is 5.56 Å². The summed E-state index contributed by atoms with van der Waals surface area (Å²) in [6.45, 7) is 0.977. The number of aliphatic hydroxyl groups is 1. The predicted octanol–water partition coefficient (Wildman–Crippen LogP) is 2.68. The standard InChI is InChI=1S/C22H24N2O4/c1-23(2)13-14-24-19(15-9-11-17(28-3)12-10-15)18(21(26)22(24)27)20(25)16-7-5-4-6-8-16/h4-12,19,25H,13-14H2,1-3H3/b20-18+/t19-/m0/s1. The van der Waals surface area contributed by atoms with E-state index >= 15 is 0 Å². The molecule has 1 atom stereocenters. The number of hydrogen-bond donors (Lipinski definition) is 1. The third kappa shape index (κ3) is 3.77. The van der Waals surface area contributed by atoms with Crippen LogP contribution in [-0.4, -0.2) is 60.9 Å². The van der Waals surface area contributed by atoms with Crippen molar-refractivity contribution in [3.8, 4) is 5.75 Å². The predicted molar refractivity (Wildman–Crippen MR) is 107 cm³/mol. The monoisotopic (exact) mass is 380 g/mol. The van der Waals surface area contributed by atoms with E-state index in [1.54, 1.807) is 43.5 Å². The lowest BCUT2D eigenvalue weighted by Gasteiger charge is -2.26. The van der Waals surface area contributed by atoms with Crippen LogP contribution in [0.5, 0.6) is 5.75 Å². The molecule has 0 aromatic heterocycles. The molecule has 2 aromatic rings. The van der Waals surface area contributed by atoms with Crippen LogP contribution in [0.15, 0.2) is 60.2 Å². The first-order valence-electron chi connectivity index (χ1n) is 9.06. The van der Waals surface area contributed by atoms with Crippen LogP contribution >= 0.6 is 0 Å². The number of aliphatic hydroxyl groups excluding tert-OH is 1. The molecule has 1 amide bonds. The number of ether oxygens (including phenoxy) is 1. The van der Waals surface area contributed by atoms with Gasteiger partial charge < -0.3 is 19.6 Å². The Kier molecular flexibility index (Phi) is 5.80. The molecule has 1 fully saturated rings. The van der Waals surface area contributed by atoms with Gasteiger partial charge >= 0.3 is 0 Å². The van der Waals surface area contributed by atoms with Gasteiger partial charge in [-0.3, -0.25) is 9.59 Å². The maximum Gasteiger partial charge on any atom is 0.295 e. The van der Waals surface area contributed by atoms with Crippen molar-refractivity contribution < 1.29 is 19.4 Å². The lowest BCUT2D eigenvalue weighted by Crippen LogP contribution is -2.35. The van der Waals surface area contributed by atoms with Crippen molar-refractivity contribution in [2.75, 3.05) is 34.3 Å². The smallest absolute Gasteiger partial charge is 0.295 e. The fourth-order valence-corrected chi connectivity index (χ4v) is 3.30. The number of likely N-dealkylation sites (N-methyl/N-ethyl adjacent to an activating group) is 1. The first kappa shape index (κ1) is 19.6. The van der Waals surface area contributed by atoms with E-state index in [4.69, 9.17) is 4.74 Å². The van der Waals surface area contributed by atoms with Gasteiger partial charge in [-0.25, -0.2) is 0 Å². The Morgan fingerprint density at radius 1 is 1.07 bits per heavy atom. The van der Waals surface area contributed by atoms with Crippen LogP contribution in [0.3, 0.4) is 0 Å². The van der Waals surface area contributed by atoms with E-state index in [-0.39, 0.29) is 11.3 Å². The number of carbonyl (C=O) groups excluding carboxylic acids is 2. The highest BCUT2D eigenvalue weighted by atomic mass is 16.5. The summed E-state index contributed by atoms with van der Waals surface area (Å²) in [6.07, 6.45) is 0. The van der Waals surface area contributed by atoms with Crippen LogP contribution in [0.4, 0.5) is 0 Å². The molecule has 1 heterocycles. The van der Waals surface area contributed by atoms with E-state index in [1.807, 2.05) is 37.2 Å². The van der Waals surface area contributed by atoms with Crippen molar-refractivity contribution in [2.45, 2.75) is 6.04 Å². The molecule has 1 N–H and O–H groups in total. The molecule has 0 unspecified atom stereocenters. The zero-order valence-corrected chi connectivity index (χ0v) is 16.3. The van der Waals surface area contributed by atoms with Gasteiger partial charge in [0, 0.05) is 18.7 Å². The molecule has 1 aliphatic heterocycles. The first-order chi connectivity index (χ1) is 13.4. The van der Waals surface area contributed by atoms with Crippen LogP contribution in [0.2, 0.25) is 0 Å². The lowest BCUT2D eigenvalue weighted by molar-refractivity contribution is -0.140. The molecule has 146 valence electrons. The van der Waals surface area contributed by atoms with Gasteiger partial charge in [0.05, 0.1) is 18.7 Å². The number of ketones is 1. The molecular weight excluding hydrogens is 356 g/mol. The molecule has 0 radical (unpaired) electrons. The van der Waals surface area contributed by atoms with Gasteiger partial charge in [0.1, 0.15) is 11.5 Å². The van der Waals surface area contributed by atoms with Crippen molar-refractivity contribution >= 4 is 17.4 Å². The molecule has 28 heavy (non-hydrogen) atoms. The SMILES string of the molecule is COc1ccc([C@H]2/C(=C(\O)c3ccccc3)C(=O)C(=O)N2CCN(C)C)cc1. The summed E-state index contributed by atoms with van der Waals surface area (Å²) < 4.78 is 5.21. The summed E-state index contributed by atoms with van der Waals surface area (Å²) in [4.78, 5) is 29.1. The molecule has 6 nitrogen and oxygen atoms in total. The van der Waals surface area contributed by atoms with Crippen LogP contribution in [-0.2, 0) is 9.59 Å². The van der Waals surface area contributed by atoms with Crippen LogP contribution < -0.4 is 4.74 Å². The molecule has 0 bridgehead atoms. The quantitative estimate of drug-likeness (QED) is 0.474. The zero-order valence-electron chi connectivity index (χ0n) is 16.3. The Bertz CT molecular complexity index is 889. The van der Waals surface area contributed by atoms with Crippen molar-refractivity contribution in [3.63, 3.8) is 0 Å². The number of carbonyl (C=O) groups is 2. The normalized spacial score (nSPS) is 18.7. The zero-order chi connectivity index (χ0) is 20.3. The van der Waals surface area contributed by atoms with Gasteiger partial charge in [-0.05, 0) is 31.8 Å². The fraction of sp³-hybridized carbons (Fsp3) is 0.273. The lowest BCUT2D eigenvalue weighted by atomic mass is 9.95. The van der Waals surface area contributed by atoms with Crippen molar-refractivity contribution in [3.05, 3.63) is 71.3 Å². The first-order valence-corrected chi connectivity index (χ1v) is 9.06. The average Bonchev–Trinajstić information content (AvgIpc) is 2.97. The largest absolute Gasteiger partial charge is 0.507 e. The summed E-state index contributed by atoms with van der Waals surface area (Å²) >= 11 is 0. The van der Waals surface area contributed by atoms with Gasteiger partial charge in [0.2, 0.25) is 0 Å². The number of nitrogens with zero attached hydrogens (tertiary/aromatic N) is 2. The minimum atomic E-state index is -0.666. The van der Waals surface area contributed by atoms with E-state index in [2.05, 4.69) is 0 Å². The molecule has 1 saturated heterocycles. The fourth-order valence-electron chi connectivity index (χ4n) is 3.30. The van der Waals surface area contributed by atoms with Crippen molar-refractivity contribution in [1.82, 2.24) is 9.80 Å². The average molecular weight is 380 g/mol. The second kappa shape index (κ2) is 8.27. The summed E-state index contributed by atoms with van der Waals surface area (Å²) in [7, 11) is 5.39. The molecule has 2 aromatic carbocycles. The van der Waals surface area contributed by atoms with E-state index in [1.165, 1.54) is 4.90 Å². The summed E-state index contributed by atoms with van der Waals surface area (Å²) in [5, 5.41) is 10.9. The molecule has 3 rings (SSSR count). The highest BCUT2D eigenvalue weighted by molar-refractivity contribution is 6.46. The molecule has 0 aliphatic carbocycles. The highest BCUT2D eigenvalue weighted by Crippen LogP contribution is 2.39. The summed E-state index contributed by atoms with van der Waals surface area (Å²) in [5.74, 6) is -0.745. The van der Waals surface area contributed by atoms with Crippen molar-refractivity contribution in [2.24, 2.45) is 0 Å². The number of hydrogen-bond acceptors (Lipinski definition) is 5. The minimum Gasteiger partial charge on any atom is -0.507 e. The second-order valence-corrected chi connectivity index (χ2v) is 6.93. The van der Waals surface area contributed by atoms with Crippen LogP contribution in [0.25, 0.3) is 5.76 Å². The van der Waals surface area contributed by atoms with Gasteiger partial charge in [-0.1, -0.05) is 42.5 Å². The Labute approximate surface area is 164 Å². The third-order valence-electron chi connectivity index (χ3n) is 4.81. The number of methoxy groups -OCH3 is 1. The molecule has 0 spiro atoms. The minimum absolute atomic E-state index is 0.111. The topological polar surface area (TPSA) is 70.1 Å². The van der Waals surface area contributed by atoms with E-state index < -0.39 is 17.7 Å². The molecule has 6 heteroatoms. The Balaban J connectivity index is 2.12. The summed E-state index contributed by atoms with van der Waals surface area (Å²) in [5.41, 5.74) is 1.36. The Morgan fingerprint density at radius 3 is 2.29 bits per heavy atom. The maximum atomic E-state index is 12.8. The van der Waals surface area contributed by atoms with Crippen LogP contribution in [0, 0.1) is 0 Å². The van der Waals surface area contributed by atoms with Gasteiger partial charge in [-0.2, -0.15) is 0 Å². The number of rotatable bonds is 6. The molecule has 0 saturated carbocycles. The Hall–Kier alpha value is -3.12. The molecular formula is C22H24N2O4. The maximum absolute atomic E-state index is 12.8. The third-order valence-corrected chi connectivity index (χ3v) is 4.81. The van der Waals surface area contributed by atoms with E-state index in [0.29, 0.717) is 24.4 Å². The van der Waals surface area contributed by atoms with Crippen LogP contribution in [0.1, 0.15) is 17.2 Å². The number of Topliss-reactive ketones (excluding diaryl/α,β-unsaturated/α-hetero) is 1. The number of benzene rings is 2. The van der Waals surface area contributed by atoms with Crippen molar-refractivity contribution in [1.29, 1.82) is 0 Å².